The number of nitrogens with one attached hydrogen (secondary N) is 1. The number of hydrogen-bond donors (Lipinski definition) is 2. The molecule has 6 heteroatoms. The maximum Gasteiger partial charge on any atom is 0.154 e. The van der Waals surface area contributed by atoms with Gasteiger partial charge in [-0.05, 0) is 31.6 Å². The van der Waals surface area contributed by atoms with E-state index in [2.05, 4.69) is 12.2 Å². The fourth-order valence-electron chi connectivity index (χ4n) is 3.33. The summed E-state index contributed by atoms with van der Waals surface area (Å²) < 4.78 is 29.1. The molecular formula is C15H29NO4S. The first kappa shape index (κ1) is 17.2. The summed E-state index contributed by atoms with van der Waals surface area (Å²) in [6.45, 7) is 3.42. The van der Waals surface area contributed by atoms with E-state index in [0.29, 0.717) is 31.4 Å². The van der Waals surface area contributed by atoms with Crippen LogP contribution in [0.4, 0.5) is 0 Å². The van der Waals surface area contributed by atoms with Gasteiger partial charge in [0.25, 0.3) is 0 Å². The Morgan fingerprint density at radius 3 is 2.76 bits per heavy atom. The highest BCUT2D eigenvalue weighted by Gasteiger charge is 2.30. The number of ether oxygens (including phenoxy) is 1. The second kappa shape index (κ2) is 7.90. The molecule has 4 atom stereocenters. The quantitative estimate of drug-likeness (QED) is 0.735. The molecule has 0 amide bonds. The van der Waals surface area contributed by atoms with Gasteiger partial charge in [-0.3, -0.25) is 0 Å². The number of hydrogen-bond acceptors (Lipinski definition) is 5. The lowest BCUT2D eigenvalue weighted by Gasteiger charge is -2.27. The summed E-state index contributed by atoms with van der Waals surface area (Å²) in [5, 5.41) is 12.7. The lowest BCUT2D eigenvalue weighted by molar-refractivity contribution is -0.0305. The Hall–Kier alpha value is -0.170. The Bertz CT molecular complexity index is 412. The lowest BCUT2D eigenvalue weighted by Crippen LogP contribution is -2.37. The molecule has 2 N–H and O–H groups in total. The second-order valence-corrected chi connectivity index (χ2v) is 9.07. The molecule has 4 unspecified atom stereocenters. The van der Waals surface area contributed by atoms with Crippen molar-refractivity contribution in [2.75, 3.05) is 25.4 Å². The molecule has 2 aliphatic rings. The van der Waals surface area contributed by atoms with E-state index in [1.54, 1.807) is 0 Å². The minimum absolute atomic E-state index is 0.273. The van der Waals surface area contributed by atoms with Crippen LogP contribution in [0.2, 0.25) is 0 Å². The number of rotatable bonds is 7. The normalized spacial score (nSPS) is 33.9. The molecule has 1 saturated heterocycles. The molecule has 1 saturated carbocycles. The third-order valence-electron chi connectivity index (χ3n) is 4.63. The first-order valence-electron chi connectivity index (χ1n) is 8.19. The van der Waals surface area contributed by atoms with Crippen molar-refractivity contribution in [2.24, 2.45) is 5.92 Å². The van der Waals surface area contributed by atoms with Crippen LogP contribution in [0.3, 0.4) is 0 Å². The molecule has 124 valence electrons. The summed E-state index contributed by atoms with van der Waals surface area (Å²) in [7, 11) is -2.90. The third-order valence-corrected chi connectivity index (χ3v) is 6.90. The zero-order valence-corrected chi connectivity index (χ0v) is 13.8. The van der Waals surface area contributed by atoms with Crippen molar-refractivity contribution in [1.29, 1.82) is 0 Å². The van der Waals surface area contributed by atoms with Crippen LogP contribution < -0.4 is 5.32 Å². The summed E-state index contributed by atoms with van der Waals surface area (Å²) in [6.07, 6.45) is 5.87. The predicted octanol–water partition coefficient (Wildman–Crippen LogP) is 1.11. The van der Waals surface area contributed by atoms with Crippen LogP contribution in [-0.2, 0) is 14.6 Å². The molecule has 1 heterocycles. The zero-order valence-electron chi connectivity index (χ0n) is 13.0. The molecule has 5 nitrogen and oxygen atoms in total. The molecule has 0 aromatic rings. The Morgan fingerprint density at radius 1 is 1.29 bits per heavy atom. The van der Waals surface area contributed by atoms with Crippen molar-refractivity contribution in [3.8, 4) is 0 Å². The molecule has 0 radical (unpaired) electrons. The molecule has 2 fully saturated rings. The Labute approximate surface area is 128 Å². The minimum Gasteiger partial charge on any atom is -0.389 e. The monoisotopic (exact) mass is 319 g/mol. The molecule has 0 spiro atoms. The van der Waals surface area contributed by atoms with Crippen LogP contribution in [0, 0.1) is 5.92 Å². The Balaban J connectivity index is 1.58. The fraction of sp³-hybridized carbons (Fsp3) is 1.00. The van der Waals surface area contributed by atoms with Gasteiger partial charge in [-0.15, -0.1) is 0 Å². The van der Waals surface area contributed by atoms with Gasteiger partial charge in [0.15, 0.2) is 9.84 Å². The maximum absolute atomic E-state index is 11.7. The smallest absolute Gasteiger partial charge is 0.154 e. The third kappa shape index (κ3) is 5.51. The summed E-state index contributed by atoms with van der Waals surface area (Å²) in [5.74, 6) is 1.02. The van der Waals surface area contributed by atoms with E-state index in [1.807, 2.05) is 0 Å². The van der Waals surface area contributed by atoms with Crippen LogP contribution in [-0.4, -0.2) is 56.4 Å². The van der Waals surface area contributed by atoms with Crippen LogP contribution in [0.1, 0.15) is 45.4 Å². The summed E-state index contributed by atoms with van der Waals surface area (Å²) in [6, 6.07) is 0. The highest BCUT2D eigenvalue weighted by Crippen LogP contribution is 2.25. The molecule has 1 aliphatic carbocycles. The van der Waals surface area contributed by atoms with Crippen LogP contribution >= 0.6 is 0 Å². The van der Waals surface area contributed by atoms with Crippen molar-refractivity contribution in [1.82, 2.24) is 5.32 Å². The van der Waals surface area contributed by atoms with E-state index in [0.717, 1.165) is 25.7 Å². The lowest BCUT2D eigenvalue weighted by atomic mass is 9.89. The van der Waals surface area contributed by atoms with Gasteiger partial charge >= 0.3 is 0 Å². The van der Waals surface area contributed by atoms with Gasteiger partial charge in [-0.2, -0.15) is 0 Å². The summed E-state index contributed by atoms with van der Waals surface area (Å²) in [5.41, 5.74) is 0. The molecule has 2 rings (SSSR count). The summed E-state index contributed by atoms with van der Waals surface area (Å²) >= 11 is 0. The van der Waals surface area contributed by atoms with Gasteiger partial charge in [0.1, 0.15) is 0 Å². The van der Waals surface area contributed by atoms with Crippen LogP contribution in [0.5, 0.6) is 0 Å². The van der Waals surface area contributed by atoms with Gasteiger partial charge in [-0.1, -0.05) is 19.8 Å². The first-order valence-corrected chi connectivity index (χ1v) is 9.91. The topological polar surface area (TPSA) is 75.6 Å². The van der Waals surface area contributed by atoms with E-state index in [1.165, 1.54) is 12.8 Å². The number of aliphatic hydroxyl groups excluding tert-OH is 1. The molecule has 1 aliphatic heterocycles. The second-order valence-electron chi connectivity index (χ2n) is 6.67. The highest BCUT2D eigenvalue weighted by atomic mass is 32.2. The van der Waals surface area contributed by atoms with E-state index in [-0.39, 0.29) is 11.4 Å². The predicted molar refractivity (Wildman–Crippen MR) is 83.1 cm³/mol. The van der Waals surface area contributed by atoms with E-state index >= 15 is 0 Å². The highest BCUT2D eigenvalue weighted by molar-refractivity contribution is 7.92. The zero-order chi connectivity index (χ0) is 15.3. The van der Waals surface area contributed by atoms with Crippen LogP contribution in [0.15, 0.2) is 0 Å². The average Bonchev–Trinajstić information content (AvgIpc) is 2.76. The van der Waals surface area contributed by atoms with Crippen molar-refractivity contribution in [2.45, 2.75) is 62.9 Å². The van der Waals surface area contributed by atoms with Crippen molar-refractivity contribution >= 4 is 9.84 Å². The van der Waals surface area contributed by atoms with Crippen molar-refractivity contribution in [3.63, 3.8) is 0 Å². The SMILES string of the molecule is CC1CCCC(OCC(O)CNCC2CCCS2(=O)=O)C1. The largest absolute Gasteiger partial charge is 0.389 e. The van der Waals surface area contributed by atoms with E-state index < -0.39 is 15.9 Å². The fourth-order valence-corrected chi connectivity index (χ4v) is 5.13. The minimum atomic E-state index is -2.90. The van der Waals surface area contributed by atoms with Crippen molar-refractivity contribution in [3.05, 3.63) is 0 Å². The van der Waals surface area contributed by atoms with E-state index in [4.69, 9.17) is 4.74 Å². The number of sulfone groups is 1. The Kier molecular flexibility index (Phi) is 6.47. The number of aliphatic hydroxyl groups is 1. The van der Waals surface area contributed by atoms with Gasteiger partial charge in [0, 0.05) is 13.1 Å². The molecule has 0 aromatic heterocycles. The molecule has 0 aromatic carbocycles. The van der Waals surface area contributed by atoms with Gasteiger partial charge in [0.2, 0.25) is 0 Å². The van der Waals surface area contributed by atoms with E-state index in [9.17, 15) is 13.5 Å². The maximum atomic E-state index is 11.7. The molecular weight excluding hydrogens is 290 g/mol. The van der Waals surface area contributed by atoms with Crippen LogP contribution in [0.25, 0.3) is 0 Å². The Morgan fingerprint density at radius 2 is 2.10 bits per heavy atom. The average molecular weight is 319 g/mol. The van der Waals surface area contributed by atoms with Gasteiger partial charge < -0.3 is 15.2 Å². The van der Waals surface area contributed by atoms with Gasteiger partial charge in [-0.25, -0.2) is 8.42 Å². The van der Waals surface area contributed by atoms with Gasteiger partial charge in [0.05, 0.1) is 29.8 Å². The molecule has 0 bridgehead atoms. The standard InChI is InChI=1S/C15H29NO4S/c1-12-4-2-5-14(8-12)20-11-13(17)9-16-10-15-6-3-7-21(15,18)19/h12-17H,2-11H2,1H3. The summed E-state index contributed by atoms with van der Waals surface area (Å²) in [4.78, 5) is 0. The molecule has 21 heavy (non-hydrogen) atoms. The van der Waals surface area contributed by atoms with Crippen molar-refractivity contribution < 1.29 is 18.3 Å². The first-order chi connectivity index (χ1) is 9.97.